The summed E-state index contributed by atoms with van der Waals surface area (Å²) in [5.74, 6) is 1.09. The molecule has 9 heteroatoms. The van der Waals surface area contributed by atoms with E-state index < -0.39 is 4.92 Å². The molecule has 0 spiro atoms. The third-order valence-corrected chi connectivity index (χ3v) is 4.25. The second kappa shape index (κ2) is 7.55. The molecule has 2 heterocycles. The summed E-state index contributed by atoms with van der Waals surface area (Å²) in [5, 5.41) is 23.3. The molecule has 0 saturated carbocycles. The van der Waals surface area contributed by atoms with Crippen LogP contribution in [0.2, 0.25) is 0 Å². The monoisotopic (exact) mass is 392 g/mol. The molecule has 4 rings (SSSR count). The maximum Gasteiger partial charge on any atom is 0.310 e. The fourth-order valence-corrected chi connectivity index (χ4v) is 2.86. The number of nitro groups is 1. The van der Waals surface area contributed by atoms with E-state index in [1.807, 2.05) is 37.3 Å². The number of aromatic nitrogens is 3. The Morgan fingerprint density at radius 1 is 1.10 bits per heavy atom. The zero-order chi connectivity index (χ0) is 20.4. The molecule has 0 fully saturated rings. The highest BCUT2D eigenvalue weighted by molar-refractivity contribution is 5.77. The number of aryl methyl sites for hydroxylation is 2. The molecule has 0 aliphatic heterocycles. The van der Waals surface area contributed by atoms with Crippen LogP contribution < -0.4 is 4.74 Å². The Morgan fingerprint density at radius 3 is 2.66 bits per heavy atom. The average molecular weight is 392 g/mol. The van der Waals surface area contributed by atoms with Gasteiger partial charge in [-0.1, -0.05) is 41.6 Å². The van der Waals surface area contributed by atoms with Crippen molar-refractivity contribution in [3.63, 3.8) is 0 Å². The molecule has 0 radical (unpaired) electrons. The lowest BCUT2D eigenvalue weighted by molar-refractivity contribution is -0.386. The van der Waals surface area contributed by atoms with E-state index in [0.717, 1.165) is 11.1 Å². The SMILES string of the molecule is Cc1ccc([N+](=O)[O-])c(OCc2nnc(-c3c(-c4ccccc4)noc3C)o2)c1. The number of nitrogens with zero attached hydrogens (tertiary/aromatic N) is 4. The predicted octanol–water partition coefficient (Wildman–Crippen LogP) is 4.50. The van der Waals surface area contributed by atoms with E-state index >= 15 is 0 Å². The highest BCUT2D eigenvalue weighted by atomic mass is 16.6. The summed E-state index contributed by atoms with van der Waals surface area (Å²) < 4.78 is 16.6. The molecule has 29 heavy (non-hydrogen) atoms. The molecule has 0 bridgehead atoms. The maximum atomic E-state index is 11.2. The minimum atomic E-state index is -0.499. The molecule has 0 saturated heterocycles. The summed E-state index contributed by atoms with van der Waals surface area (Å²) in [6.45, 7) is 3.47. The van der Waals surface area contributed by atoms with Crippen LogP contribution >= 0.6 is 0 Å². The van der Waals surface area contributed by atoms with Gasteiger partial charge in [0.2, 0.25) is 0 Å². The third-order valence-electron chi connectivity index (χ3n) is 4.25. The Bertz CT molecular complexity index is 1170. The van der Waals surface area contributed by atoms with Gasteiger partial charge in [-0.2, -0.15) is 0 Å². The van der Waals surface area contributed by atoms with Gasteiger partial charge in [0, 0.05) is 11.6 Å². The Hall–Kier alpha value is -4.01. The molecule has 0 N–H and O–H groups in total. The highest BCUT2D eigenvalue weighted by Crippen LogP contribution is 2.34. The average Bonchev–Trinajstić information content (AvgIpc) is 3.33. The number of rotatable bonds is 6. The highest BCUT2D eigenvalue weighted by Gasteiger charge is 2.22. The van der Waals surface area contributed by atoms with Crippen LogP contribution in [-0.4, -0.2) is 20.3 Å². The fraction of sp³-hybridized carbons (Fsp3) is 0.150. The Kier molecular flexibility index (Phi) is 4.78. The minimum Gasteiger partial charge on any atom is -0.477 e. The standard InChI is InChI=1S/C20H16N4O5/c1-12-8-9-15(24(25)26)16(10-12)27-11-17-21-22-20(28-17)18-13(2)29-23-19(18)14-6-4-3-5-7-14/h3-10H,11H2,1-2H3. The lowest BCUT2D eigenvalue weighted by Crippen LogP contribution is -1.99. The zero-order valence-corrected chi connectivity index (χ0v) is 15.7. The number of hydrogen-bond acceptors (Lipinski definition) is 8. The minimum absolute atomic E-state index is 0.109. The second-order valence-electron chi connectivity index (χ2n) is 6.35. The molecule has 0 unspecified atom stereocenters. The summed E-state index contributed by atoms with van der Waals surface area (Å²) in [5.41, 5.74) is 2.75. The first-order valence-corrected chi connectivity index (χ1v) is 8.75. The van der Waals surface area contributed by atoms with E-state index in [-0.39, 0.29) is 29.8 Å². The summed E-state index contributed by atoms with van der Waals surface area (Å²) in [4.78, 5) is 10.7. The Balaban J connectivity index is 1.59. The van der Waals surface area contributed by atoms with Crippen molar-refractivity contribution in [3.05, 3.63) is 75.9 Å². The summed E-state index contributed by atoms with van der Waals surface area (Å²) >= 11 is 0. The zero-order valence-electron chi connectivity index (χ0n) is 15.7. The van der Waals surface area contributed by atoms with E-state index in [0.29, 0.717) is 17.0 Å². The summed E-state index contributed by atoms with van der Waals surface area (Å²) in [6, 6.07) is 14.1. The topological polar surface area (TPSA) is 117 Å². The van der Waals surface area contributed by atoms with Gasteiger partial charge in [-0.3, -0.25) is 10.1 Å². The molecule has 9 nitrogen and oxygen atoms in total. The molecule has 0 amide bonds. The summed E-state index contributed by atoms with van der Waals surface area (Å²) in [7, 11) is 0. The van der Waals surface area contributed by atoms with Crippen LogP contribution in [0.4, 0.5) is 5.69 Å². The van der Waals surface area contributed by atoms with Gasteiger partial charge in [0.25, 0.3) is 11.8 Å². The first-order valence-electron chi connectivity index (χ1n) is 8.75. The lowest BCUT2D eigenvalue weighted by Gasteiger charge is -2.05. The predicted molar refractivity (Wildman–Crippen MR) is 102 cm³/mol. The van der Waals surface area contributed by atoms with Crippen LogP contribution in [0.3, 0.4) is 0 Å². The van der Waals surface area contributed by atoms with Gasteiger partial charge in [-0.05, 0) is 25.5 Å². The molecule has 0 atom stereocenters. The van der Waals surface area contributed by atoms with Crippen LogP contribution in [0, 0.1) is 24.0 Å². The van der Waals surface area contributed by atoms with E-state index in [9.17, 15) is 10.1 Å². The molecule has 2 aromatic carbocycles. The number of benzene rings is 2. The first-order chi connectivity index (χ1) is 14.0. The normalized spacial score (nSPS) is 10.8. The van der Waals surface area contributed by atoms with Crippen molar-refractivity contribution in [2.24, 2.45) is 0 Å². The number of ether oxygens (including phenoxy) is 1. The second-order valence-corrected chi connectivity index (χ2v) is 6.35. The van der Waals surface area contributed by atoms with Crippen molar-refractivity contribution in [3.8, 4) is 28.5 Å². The summed E-state index contributed by atoms with van der Waals surface area (Å²) in [6.07, 6.45) is 0. The van der Waals surface area contributed by atoms with Crippen LogP contribution in [0.25, 0.3) is 22.7 Å². The molecular weight excluding hydrogens is 376 g/mol. The lowest BCUT2D eigenvalue weighted by atomic mass is 10.1. The van der Waals surface area contributed by atoms with Gasteiger partial charge < -0.3 is 13.7 Å². The van der Waals surface area contributed by atoms with Crippen molar-refractivity contribution >= 4 is 5.69 Å². The van der Waals surface area contributed by atoms with Crippen LogP contribution in [0.15, 0.2) is 57.5 Å². The maximum absolute atomic E-state index is 11.2. The smallest absolute Gasteiger partial charge is 0.310 e. The molecule has 0 aliphatic rings. The van der Waals surface area contributed by atoms with Crippen molar-refractivity contribution < 1.29 is 18.6 Å². The third kappa shape index (κ3) is 3.70. The molecule has 146 valence electrons. The van der Waals surface area contributed by atoms with Crippen molar-refractivity contribution in [2.75, 3.05) is 0 Å². The molecular formula is C20H16N4O5. The van der Waals surface area contributed by atoms with Crippen molar-refractivity contribution in [1.29, 1.82) is 0 Å². The van der Waals surface area contributed by atoms with Gasteiger partial charge in [0.15, 0.2) is 12.4 Å². The first kappa shape index (κ1) is 18.4. The van der Waals surface area contributed by atoms with Crippen molar-refractivity contribution in [2.45, 2.75) is 20.5 Å². The van der Waals surface area contributed by atoms with E-state index in [1.165, 1.54) is 6.07 Å². The number of hydrogen-bond donors (Lipinski definition) is 0. The van der Waals surface area contributed by atoms with Gasteiger partial charge in [0.05, 0.1) is 4.92 Å². The molecule has 4 aromatic rings. The quantitative estimate of drug-likeness (QED) is 0.348. The Morgan fingerprint density at radius 2 is 1.90 bits per heavy atom. The largest absolute Gasteiger partial charge is 0.477 e. The van der Waals surface area contributed by atoms with Crippen molar-refractivity contribution in [1.82, 2.24) is 15.4 Å². The number of nitro benzene ring substituents is 1. The Labute approximate surface area is 165 Å². The van der Waals surface area contributed by atoms with Gasteiger partial charge in [-0.25, -0.2) is 0 Å². The van der Waals surface area contributed by atoms with E-state index in [2.05, 4.69) is 15.4 Å². The van der Waals surface area contributed by atoms with E-state index in [1.54, 1.807) is 19.1 Å². The van der Waals surface area contributed by atoms with E-state index in [4.69, 9.17) is 13.7 Å². The molecule has 2 aromatic heterocycles. The van der Waals surface area contributed by atoms with Gasteiger partial charge >= 0.3 is 5.69 Å². The fourth-order valence-electron chi connectivity index (χ4n) is 2.86. The molecule has 0 aliphatic carbocycles. The van der Waals surface area contributed by atoms with Crippen LogP contribution in [0.1, 0.15) is 17.2 Å². The van der Waals surface area contributed by atoms with Crippen LogP contribution in [0.5, 0.6) is 5.75 Å². The van der Waals surface area contributed by atoms with Gasteiger partial charge in [-0.15, -0.1) is 10.2 Å². The van der Waals surface area contributed by atoms with Gasteiger partial charge in [0.1, 0.15) is 17.0 Å². The van der Waals surface area contributed by atoms with Crippen LogP contribution in [-0.2, 0) is 6.61 Å².